The Kier molecular flexibility index (Phi) is 4.51. The Bertz CT molecular complexity index is 1300. The second kappa shape index (κ2) is 7.24. The van der Waals surface area contributed by atoms with Crippen LogP contribution in [0.4, 0.5) is 4.79 Å². The number of hydrogen-bond acceptors (Lipinski definition) is 6. The van der Waals surface area contributed by atoms with E-state index in [0.29, 0.717) is 17.1 Å². The first-order chi connectivity index (χ1) is 15.0. The molecule has 5 rings (SSSR count). The fourth-order valence-electron chi connectivity index (χ4n) is 3.75. The van der Waals surface area contributed by atoms with Crippen molar-refractivity contribution in [2.24, 2.45) is 0 Å². The Labute approximate surface area is 182 Å². The molecule has 1 saturated heterocycles. The van der Waals surface area contributed by atoms with E-state index in [0.717, 1.165) is 21.4 Å². The van der Waals surface area contributed by atoms with Crippen LogP contribution in [0, 0.1) is 0 Å². The van der Waals surface area contributed by atoms with Crippen molar-refractivity contribution in [2.75, 3.05) is 7.11 Å². The van der Waals surface area contributed by atoms with Gasteiger partial charge in [0.05, 0.1) is 24.2 Å². The van der Waals surface area contributed by atoms with Gasteiger partial charge in [-0.25, -0.2) is 9.78 Å². The maximum absolute atomic E-state index is 13.3. The quantitative estimate of drug-likeness (QED) is 0.468. The van der Waals surface area contributed by atoms with Gasteiger partial charge in [-0.05, 0) is 52.9 Å². The van der Waals surface area contributed by atoms with Crippen LogP contribution in [0.5, 0.6) is 5.75 Å². The zero-order chi connectivity index (χ0) is 21.6. The largest absolute Gasteiger partial charge is 0.497 e. The fraction of sp³-hybridized carbons (Fsp3) is 0.174. The van der Waals surface area contributed by atoms with Crippen molar-refractivity contribution in [2.45, 2.75) is 19.0 Å². The van der Waals surface area contributed by atoms with Gasteiger partial charge in [0.2, 0.25) is 5.89 Å². The third-order valence-electron chi connectivity index (χ3n) is 5.50. The number of rotatable bonds is 5. The summed E-state index contributed by atoms with van der Waals surface area (Å²) < 4.78 is 10.8. The molecule has 3 amide bonds. The number of nitrogens with one attached hydrogen (secondary N) is 1. The molecule has 4 aromatic rings. The first kappa shape index (κ1) is 19.3. The first-order valence-electron chi connectivity index (χ1n) is 9.68. The predicted molar refractivity (Wildman–Crippen MR) is 117 cm³/mol. The summed E-state index contributed by atoms with van der Waals surface area (Å²) in [6, 6.07) is 14.8. The van der Waals surface area contributed by atoms with E-state index in [-0.39, 0.29) is 12.5 Å². The molecular formula is C23H19N3O4S. The number of benzene rings is 2. The SMILES string of the molecule is COc1ccc2cc([C@]3(C)NC(=O)N(Cc4coc(-c5cccs5)n4)C3=O)ccc2c1. The van der Waals surface area contributed by atoms with E-state index in [9.17, 15) is 9.59 Å². The molecule has 0 bridgehead atoms. The molecule has 156 valence electrons. The lowest BCUT2D eigenvalue weighted by Gasteiger charge is -2.22. The number of fused-ring (bicyclic) bond motifs is 1. The van der Waals surface area contributed by atoms with E-state index in [1.165, 1.54) is 22.5 Å². The number of urea groups is 1. The lowest BCUT2D eigenvalue weighted by atomic mass is 9.90. The molecule has 31 heavy (non-hydrogen) atoms. The summed E-state index contributed by atoms with van der Waals surface area (Å²) in [5, 5.41) is 6.72. The molecule has 1 aliphatic heterocycles. The number of aromatic nitrogens is 1. The molecule has 0 radical (unpaired) electrons. The minimum Gasteiger partial charge on any atom is -0.497 e. The normalized spacial score (nSPS) is 18.6. The summed E-state index contributed by atoms with van der Waals surface area (Å²) in [7, 11) is 1.62. The van der Waals surface area contributed by atoms with E-state index < -0.39 is 11.6 Å². The van der Waals surface area contributed by atoms with Crippen molar-refractivity contribution in [3.05, 3.63) is 71.4 Å². The molecule has 1 fully saturated rings. The van der Waals surface area contributed by atoms with Crippen LogP contribution >= 0.6 is 11.3 Å². The third-order valence-corrected chi connectivity index (χ3v) is 6.36. The van der Waals surface area contributed by atoms with Gasteiger partial charge in [-0.2, -0.15) is 0 Å². The van der Waals surface area contributed by atoms with Crippen LogP contribution in [-0.2, 0) is 16.9 Å². The first-order valence-corrected chi connectivity index (χ1v) is 10.6. The number of carbonyl (C=O) groups is 2. The molecule has 0 spiro atoms. The van der Waals surface area contributed by atoms with Crippen LogP contribution in [0.15, 0.2) is 64.6 Å². The highest BCUT2D eigenvalue weighted by molar-refractivity contribution is 7.13. The summed E-state index contributed by atoms with van der Waals surface area (Å²) in [5.74, 6) is 0.910. The highest BCUT2D eigenvalue weighted by Gasteiger charge is 2.49. The van der Waals surface area contributed by atoms with Crippen LogP contribution in [0.25, 0.3) is 21.5 Å². The summed E-state index contributed by atoms with van der Waals surface area (Å²) in [4.78, 5) is 32.4. The van der Waals surface area contributed by atoms with Crippen molar-refractivity contribution < 1.29 is 18.7 Å². The van der Waals surface area contributed by atoms with Crippen molar-refractivity contribution in [1.29, 1.82) is 0 Å². The number of imide groups is 1. The monoisotopic (exact) mass is 433 g/mol. The number of amides is 3. The zero-order valence-electron chi connectivity index (χ0n) is 16.9. The average molecular weight is 433 g/mol. The number of ether oxygens (including phenoxy) is 1. The van der Waals surface area contributed by atoms with Gasteiger partial charge < -0.3 is 14.5 Å². The summed E-state index contributed by atoms with van der Waals surface area (Å²) >= 11 is 1.51. The Morgan fingerprint density at radius 1 is 1.16 bits per heavy atom. The van der Waals surface area contributed by atoms with E-state index in [1.54, 1.807) is 14.0 Å². The Morgan fingerprint density at radius 3 is 2.74 bits per heavy atom. The maximum atomic E-state index is 13.3. The lowest BCUT2D eigenvalue weighted by molar-refractivity contribution is -0.131. The van der Waals surface area contributed by atoms with Gasteiger partial charge in [0.1, 0.15) is 17.6 Å². The van der Waals surface area contributed by atoms with Gasteiger partial charge in [-0.3, -0.25) is 9.69 Å². The lowest BCUT2D eigenvalue weighted by Crippen LogP contribution is -2.40. The van der Waals surface area contributed by atoms with Crippen molar-refractivity contribution in [3.8, 4) is 16.5 Å². The average Bonchev–Trinajstić information content (AvgIpc) is 3.51. The van der Waals surface area contributed by atoms with Gasteiger partial charge in [-0.1, -0.05) is 24.3 Å². The predicted octanol–water partition coefficient (Wildman–Crippen LogP) is 4.53. The number of hydrogen-bond donors (Lipinski definition) is 1. The third kappa shape index (κ3) is 3.25. The van der Waals surface area contributed by atoms with Gasteiger partial charge in [0, 0.05) is 0 Å². The summed E-state index contributed by atoms with van der Waals surface area (Å²) in [6.07, 6.45) is 1.48. The fourth-order valence-corrected chi connectivity index (χ4v) is 4.41. The molecule has 3 heterocycles. The summed E-state index contributed by atoms with van der Waals surface area (Å²) in [5.41, 5.74) is 0.0677. The Balaban J connectivity index is 1.42. The highest BCUT2D eigenvalue weighted by Crippen LogP contribution is 2.33. The van der Waals surface area contributed by atoms with Crippen LogP contribution in [-0.4, -0.2) is 28.9 Å². The highest BCUT2D eigenvalue weighted by atomic mass is 32.1. The molecule has 1 atom stereocenters. The van der Waals surface area contributed by atoms with E-state index in [4.69, 9.17) is 9.15 Å². The molecule has 0 saturated carbocycles. The van der Waals surface area contributed by atoms with Gasteiger partial charge in [-0.15, -0.1) is 11.3 Å². The number of nitrogens with zero attached hydrogens (tertiary/aromatic N) is 2. The molecule has 2 aromatic heterocycles. The van der Waals surface area contributed by atoms with Crippen molar-refractivity contribution in [1.82, 2.24) is 15.2 Å². The van der Waals surface area contributed by atoms with Crippen LogP contribution < -0.4 is 10.1 Å². The van der Waals surface area contributed by atoms with E-state index in [2.05, 4.69) is 10.3 Å². The number of carbonyl (C=O) groups excluding carboxylic acids is 2. The van der Waals surface area contributed by atoms with Crippen LogP contribution in [0.3, 0.4) is 0 Å². The van der Waals surface area contributed by atoms with E-state index in [1.807, 2.05) is 53.9 Å². The van der Waals surface area contributed by atoms with Crippen molar-refractivity contribution in [3.63, 3.8) is 0 Å². The molecule has 2 aromatic carbocycles. The second-order valence-electron chi connectivity index (χ2n) is 7.50. The Hall–Kier alpha value is -3.65. The molecule has 1 aliphatic rings. The summed E-state index contributed by atoms with van der Waals surface area (Å²) in [6.45, 7) is 1.76. The standard InChI is InChI=1S/C23H19N3O4S/c1-23(16-7-5-15-11-18(29-2)8-6-14(15)10-16)21(27)26(22(28)25-23)12-17-13-30-20(24-17)19-4-3-9-31-19/h3-11,13H,12H2,1-2H3,(H,25,28)/t23-/m0/s1. The van der Waals surface area contributed by atoms with Crippen LogP contribution in [0.1, 0.15) is 18.2 Å². The van der Waals surface area contributed by atoms with Gasteiger partial charge >= 0.3 is 6.03 Å². The number of methoxy groups -OCH3 is 1. The molecule has 0 unspecified atom stereocenters. The number of thiophene rings is 1. The maximum Gasteiger partial charge on any atom is 0.325 e. The van der Waals surface area contributed by atoms with Crippen LogP contribution in [0.2, 0.25) is 0 Å². The minimum absolute atomic E-state index is 0.0416. The molecule has 7 nitrogen and oxygen atoms in total. The van der Waals surface area contributed by atoms with Gasteiger partial charge in [0.25, 0.3) is 5.91 Å². The molecule has 1 N–H and O–H groups in total. The number of oxazole rings is 1. The zero-order valence-corrected chi connectivity index (χ0v) is 17.7. The van der Waals surface area contributed by atoms with Crippen molar-refractivity contribution >= 4 is 34.0 Å². The second-order valence-corrected chi connectivity index (χ2v) is 8.44. The smallest absolute Gasteiger partial charge is 0.325 e. The Morgan fingerprint density at radius 2 is 1.97 bits per heavy atom. The minimum atomic E-state index is -1.16. The molecule has 8 heteroatoms. The molecule has 0 aliphatic carbocycles. The molecular weight excluding hydrogens is 414 g/mol. The topological polar surface area (TPSA) is 84.7 Å². The van der Waals surface area contributed by atoms with E-state index >= 15 is 0 Å². The van der Waals surface area contributed by atoms with Gasteiger partial charge in [0.15, 0.2) is 0 Å².